The second-order valence-corrected chi connectivity index (χ2v) is 13.1. The van der Waals surface area contributed by atoms with Crippen LogP contribution in [0.15, 0.2) is 0 Å². The van der Waals surface area contributed by atoms with E-state index in [0.29, 0.717) is 42.5 Å². The zero-order valence-corrected chi connectivity index (χ0v) is 20.3. The second-order valence-electron chi connectivity index (χ2n) is 13.1. The van der Waals surface area contributed by atoms with Gasteiger partial charge in [-0.1, -0.05) is 27.7 Å². The van der Waals surface area contributed by atoms with Gasteiger partial charge in [0, 0.05) is 30.6 Å². The van der Waals surface area contributed by atoms with Crippen LogP contribution in [0.3, 0.4) is 0 Å². The third-order valence-electron chi connectivity index (χ3n) is 12.1. The van der Waals surface area contributed by atoms with Gasteiger partial charge in [0.2, 0.25) is 0 Å². The molecule has 0 aromatic heterocycles. The van der Waals surface area contributed by atoms with E-state index in [1.807, 2.05) is 0 Å². The van der Waals surface area contributed by atoms with Gasteiger partial charge in [-0.25, -0.2) is 0 Å². The smallest absolute Gasteiger partial charge is 0.174 e. The maximum Gasteiger partial charge on any atom is 0.174 e. The quantitative estimate of drug-likeness (QED) is 0.586. The van der Waals surface area contributed by atoms with E-state index in [-0.39, 0.29) is 23.4 Å². The molecule has 0 aromatic carbocycles. The highest BCUT2D eigenvalue weighted by Crippen LogP contribution is 2.72. The first-order valence-electron chi connectivity index (χ1n) is 13.3. The molecule has 2 N–H and O–H groups in total. The first-order valence-corrected chi connectivity index (χ1v) is 13.3. The molecule has 6 aliphatic rings. The fraction of sp³-hybridized carbons (Fsp3) is 0.963. The number of hydrogen-bond acceptors (Lipinski definition) is 5. The molecule has 0 aromatic rings. The molecule has 6 rings (SSSR count). The van der Waals surface area contributed by atoms with Gasteiger partial charge in [-0.3, -0.25) is 4.79 Å². The third-order valence-corrected chi connectivity index (χ3v) is 12.1. The number of carbonyl (C=O) groups is 1. The molecule has 5 nitrogen and oxygen atoms in total. The Hall–Kier alpha value is -0.490. The van der Waals surface area contributed by atoms with Gasteiger partial charge in [0.1, 0.15) is 11.4 Å². The molecule has 2 aliphatic heterocycles. The molecule has 0 amide bonds. The lowest BCUT2D eigenvalue weighted by Gasteiger charge is -2.62. The maximum atomic E-state index is 12.4. The van der Waals surface area contributed by atoms with E-state index in [2.05, 4.69) is 27.7 Å². The lowest BCUT2D eigenvalue weighted by molar-refractivity contribution is -0.278. The van der Waals surface area contributed by atoms with Crippen LogP contribution in [0, 0.1) is 46.3 Å². The number of Topliss-reactive ketones (excluding diaryl/α,β-unsaturated/α-hetero) is 1. The number of hydrogen-bond donors (Lipinski definition) is 2. The Balaban J connectivity index is 1.34. The van der Waals surface area contributed by atoms with Crippen LogP contribution in [-0.4, -0.2) is 46.2 Å². The molecule has 0 bridgehead atoms. The van der Waals surface area contributed by atoms with Crippen LogP contribution in [0.2, 0.25) is 0 Å². The van der Waals surface area contributed by atoms with Crippen LogP contribution in [0.25, 0.3) is 0 Å². The van der Waals surface area contributed by atoms with Crippen molar-refractivity contribution in [3.8, 4) is 0 Å². The van der Waals surface area contributed by atoms with E-state index >= 15 is 0 Å². The van der Waals surface area contributed by atoms with E-state index < -0.39 is 22.9 Å². The molecule has 4 aliphatic carbocycles. The summed E-state index contributed by atoms with van der Waals surface area (Å²) in [6, 6.07) is 0. The molecule has 180 valence electrons. The molecule has 12 atom stereocenters. The first kappa shape index (κ1) is 22.0. The Morgan fingerprint density at radius 3 is 2.53 bits per heavy atom. The van der Waals surface area contributed by atoms with Gasteiger partial charge < -0.3 is 19.7 Å². The summed E-state index contributed by atoms with van der Waals surface area (Å²) in [5.74, 6) is 1.72. The number of rotatable bonds is 0. The van der Waals surface area contributed by atoms with Crippen LogP contribution < -0.4 is 0 Å². The van der Waals surface area contributed by atoms with Crippen LogP contribution in [0.4, 0.5) is 0 Å². The average molecular weight is 447 g/mol. The SMILES string of the molecule is C[C@@H]1CC[C@@]2(OC1)O[C@H]1C[C@H]3[C@@H]4CC[C@@H]5CC(=O)CC[C@]5(C)[C@H]4C[C@@H](O)[C@]3(C)[C@@]1(O)[C@@H]2C. The van der Waals surface area contributed by atoms with Crippen LogP contribution in [0.1, 0.15) is 85.5 Å². The van der Waals surface area contributed by atoms with Crippen molar-refractivity contribution in [2.45, 2.75) is 109 Å². The Labute approximate surface area is 192 Å². The molecule has 5 heteroatoms. The van der Waals surface area contributed by atoms with Crippen molar-refractivity contribution in [2.75, 3.05) is 6.61 Å². The minimum Gasteiger partial charge on any atom is -0.392 e. The van der Waals surface area contributed by atoms with E-state index in [9.17, 15) is 15.0 Å². The highest BCUT2D eigenvalue weighted by Gasteiger charge is 2.78. The van der Waals surface area contributed by atoms with Crippen molar-refractivity contribution in [3.05, 3.63) is 0 Å². The van der Waals surface area contributed by atoms with Gasteiger partial charge in [0.25, 0.3) is 0 Å². The number of ether oxygens (including phenoxy) is 2. The fourth-order valence-electron chi connectivity index (χ4n) is 9.95. The van der Waals surface area contributed by atoms with Crippen LogP contribution in [0.5, 0.6) is 0 Å². The highest BCUT2D eigenvalue weighted by molar-refractivity contribution is 5.79. The number of fused-ring (bicyclic) bond motifs is 7. The van der Waals surface area contributed by atoms with Crippen molar-refractivity contribution in [1.82, 2.24) is 0 Å². The second kappa shape index (κ2) is 6.80. The molecule has 4 saturated carbocycles. The van der Waals surface area contributed by atoms with Gasteiger partial charge in [0.05, 0.1) is 18.8 Å². The standard InChI is InChI=1S/C27H42O5/c1-15-7-10-26(31-14-15)16(2)27(30)23(32-26)13-21-19-6-5-17-11-18(28)8-9-24(17,3)20(19)12-22(29)25(21,27)4/h15-17,19-23,29-30H,5-14H2,1-4H3/t15-,16-,17-,19-,20+,21+,22-,23+,24+,25-,26-,27-/m1/s1. The molecule has 2 saturated heterocycles. The largest absolute Gasteiger partial charge is 0.392 e. The Morgan fingerprint density at radius 2 is 1.81 bits per heavy atom. The van der Waals surface area contributed by atoms with Crippen LogP contribution in [-0.2, 0) is 14.3 Å². The summed E-state index contributed by atoms with van der Waals surface area (Å²) in [7, 11) is 0. The Kier molecular flexibility index (Phi) is 4.68. The number of carbonyl (C=O) groups excluding carboxylic acids is 1. The van der Waals surface area contributed by atoms with Crippen LogP contribution >= 0.6 is 0 Å². The lowest BCUT2D eigenvalue weighted by atomic mass is 9.43. The summed E-state index contributed by atoms with van der Waals surface area (Å²) in [5.41, 5.74) is -1.51. The number of aliphatic hydroxyl groups excluding tert-OH is 1. The average Bonchev–Trinajstić information content (AvgIpc) is 3.11. The van der Waals surface area contributed by atoms with Crippen molar-refractivity contribution in [1.29, 1.82) is 0 Å². The van der Waals surface area contributed by atoms with E-state index in [1.165, 1.54) is 0 Å². The zero-order valence-electron chi connectivity index (χ0n) is 20.3. The Bertz CT molecular complexity index is 804. The Morgan fingerprint density at radius 1 is 1.03 bits per heavy atom. The molecule has 1 spiro atoms. The van der Waals surface area contributed by atoms with Crippen molar-refractivity contribution in [3.63, 3.8) is 0 Å². The fourth-order valence-corrected chi connectivity index (χ4v) is 9.95. The predicted octanol–water partition coefficient (Wildman–Crippen LogP) is 4.09. The van der Waals surface area contributed by atoms with E-state index in [1.54, 1.807) is 0 Å². The number of ketones is 1. The summed E-state index contributed by atoms with van der Waals surface area (Å²) in [6.07, 6.45) is 7.21. The van der Waals surface area contributed by atoms with Crippen molar-refractivity contribution < 1.29 is 24.5 Å². The minimum absolute atomic E-state index is 0.135. The summed E-state index contributed by atoms with van der Waals surface area (Å²) in [6.45, 7) is 9.54. The molecule has 6 fully saturated rings. The molecule has 2 heterocycles. The summed E-state index contributed by atoms with van der Waals surface area (Å²) >= 11 is 0. The summed E-state index contributed by atoms with van der Waals surface area (Å²) in [5, 5.41) is 24.2. The van der Waals surface area contributed by atoms with E-state index in [0.717, 1.165) is 51.4 Å². The topological polar surface area (TPSA) is 76.0 Å². The molecule has 0 unspecified atom stereocenters. The van der Waals surface area contributed by atoms with Gasteiger partial charge in [-0.2, -0.15) is 0 Å². The summed E-state index contributed by atoms with van der Waals surface area (Å²) < 4.78 is 13.0. The molecule has 0 radical (unpaired) electrons. The third kappa shape index (κ3) is 2.47. The lowest BCUT2D eigenvalue weighted by Crippen LogP contribution is -2.65. The van der Waals surface area contributed by atoms with Gasteiger partial charge in [-0.15, -0.1) is 0 Å². The normalized spacial score (nSPS) is 61.8. The molecule has 32 heavy (non-hydrogen) atoms. The summed E-state index contributed by atoms with van der Waals surface area (Å²) in [4.78, 5) is 12.2. The monoisotopic (exact) mass is 446 g/mol. The number of aliphatic hydroxyl groups is 2. The van der Waals surface area contributed by atoms with Gasteiger partial charge >= 0.3 is 0 Å². The molecular weight excluding hydrogens is 404 g/mol. The van der Waals surface area contributed by atoms with Crippen molar-refractivity contribution >= 4 is 5.78 Å². The van der Waals surface area contributed by atoms with Crippen molar-refractivity contribution in [2.24, 2.45) is 46.3 Å². The van der Waals surface area contributed by atoms with E-state index in [4.69, 9.17) is 9.47 Å². The molecular formula is C27H42O5. The maximum absolute atomic E-state index is 12.4. The highest BCUT2D eigenvalue weighted by atomic mass is 16.7. The minimum atomic E-state index is -1.07. The van der Waals surface area contributed by atoms with Gasteiger partial charge in [0.15, 0.2) is 5.79 Å². The predicted molar refractivity (Wildman–Crippen MR) is 120 cm³/mol. The van der Waals surface area contributed by atoms with Gasteiger partial charge in [-0.05, 0) is 73.5 Å². The first-order chi connectivity index (χ1) is 15.1. The zero-order chi connectivity index (χ0) is 22.7.